The first kappa shape index (κ1) is 13.5. The Hall–Kier alpha value is -2.53. The van der Waals surface area contributed by atoms with Gasteiger partial charge in [-0.05, 0) is 42.3 Å². The number of nitrogens with two attached hydrogens (primary N) is 1. The minimum absolute atomic E-state index is 0.292. The summed E-state index contributed by atoms with van der Waals surface area (Å²) in [6.45, 7) is 1.84. The Morgan fingerprint density at radius 3 is 2.62 bits per heavy atom. The monoisotopic (exact) mass is 282 g/mol. The zero-order valence-electron chi connectivity index (χ0n) is 11.6. The van der Waals surface area contributed by atoms with E-state index in [0.717, 1.165) is 11.3 Å². The van der Waals surface area contributed by atoms with E-state index in [0.29, 0.717) is 11.3 Å². The van der Waals surface area contributed by atoms with Gasteiger partial charge in [0.05, 0.1) is 23.6 Å². The summed E-state index contributed by atoms with van der Waals surface area (Å²) in [6.07, 6.45) is 1.61. The second kappa shape index (κ2) is 5.46. The maximum absolute atomic E-state index is 13.6. The summed E-state index contributed by atoms with van der Waals surface area (Å²) in [5.74, 6) is -0.292. The van der Waals surface area contributed by atoms with Gasteiger partial charge in [-0.1, -0.05) is 29.5 Å². The molecule has 0 aliphatic rings. The molecule has 21 heavy (non-hydrogen) atoms. The van der Waals surface area contributed by atoms with Crippen LogP contribution in [0.15, 0.2) is 54.7 Å². The molecular formula is C16H15FN4. The zero-order valence-corrected chi connectivity index (χ0v) is 11.6. The maximum Gasteiger partial charge on any atom is 0.123 e. The first-order valence-electron chi connectivity index (χ1n) is 6.64. The topological polar surface area (TPSA) is 56.7 Å². The fourth-order valence-electron chi connectivity index (χ4n) is 2.34. The molecule has 106 valence electrons. The van der Waals surface area contributed by atoms with Crippen LogP contribution in [0.4, 0.5) is 4.39 Å². The summed E-state index contributed by atoms with van der Waals surface area (Å²) in [4.78, 5) is 0. The van der Waals surface area contributed by atoms with Crippen LogP contribution in [0, 0.1) is 12.7 Å². The number of aromatic nitrogens is 3. The van der Waals surface area contributed by atoms with Crippen LogP contribution in [0.2, 0.25) is 0 Å². The SMILES string of the molecule is Cc1cc(F)cc(C(N)c2cnnn2-c2ccccc2)c1. The van der Waals surface area contributed by atoms with Crippen molar-refractivity contribution in [3.63, 3.8) is 0 Å². The summed E-state index contributed by atoms with van der Waals surface area (Å²) in [7, 11) is 0. The Labute approximate surface area is 122 Å². The third kappa shape index (κ3) is 2.68. The first-order chi connectivity index (χ1) is 10.1. The quantitative estimate of drug-likeness (QED) is 0.803. The molecule has 0 fully saturated rings. The van der Waals surface area contributed by atoms with Crippen molar-refractivity contribution < 1.29 is 4.39 Å². The summed E-state index contributed by atoms with van der Waals surface area (Å²) in [5, 5.41) is 8.00. The molecule has 5 heteroatoms. The molecule has 0 aliphatic heterocycles. The molecule has 0 saturated carbocycles. The highest BCUT2D eigenvalue weighted by Crippen LogP contribution is 2.22. The van der Waals surface area contributed by atoms with Crippen molar-refractivity contribution in [1.29, 1.82) is 0 Å². The fourth-order valence-corrected chi connectivity index (χ4v) is 2.34. The van der Waals surface area contributed by atoms with E-state index in [4.69, 9.17) is 5.73 Å². The number of para-hydroxylation sites is 1. The Morgan fingerprint density at radius 1 is 1.14 bits per heavy atom. The van der Waals surface area contributed by atoms with Crippen LogP contribution in [0.25, 0.3) is 5.69 Å². The molecule has 2 N–H and O–H groups in total. The van der Waals surface area contributed by atoms with Gasteiger partial charge in [0.15, 0.2) is 0 Å². The average molecular weight is 282 g/mol. The van der Waals surface area contributed by atoms with E-state index in [1.165, 1.54) is 12.1 Å². The molecule has 0 aliphatic carbocycles. The van der Waals surface area contributed by atoms with Crippen LogP contribution in [-0.4, -0.2) is 15.0 Å². The lowest BCUT2D eigenvalue weighted by atomic mass is 10.0. The standard InChI is InChI=1S/C16H15FN4/c1-11-7-12(9-13(17)8-11)16(18)15-10-19-20-21(15)14-5-3-2-4-6-14/h2-10,16H,18H2,1H3. The van der Waals surface area contributed by atoms with Crippen LogP contribution in [-0.2, 0) is 0 Å². The molecular weight excluding hydrogens is 267 g/mol. The van der Waals surface area contributed by atoms with Crippen LogP contribution in [0.1, 0.15) is 22.9 Å². The molecule has 1 aromatic heterocycles. The molecule has 0 spiro atoms. The van der Waals surface area contributed by atoms with Gasteiger partial charge in [0.25, 0.3) is 0 Å². The number of nitrogens with zero attached hydrogens (tertiary/aromatic N) is 3. The van der Waals surface area contributed by atoms with Crippen molar-refractivity contribution >= 4 is 0 Å². The molecule has 3 aromatic rings. The lowest BCUT2D eigenvalue weighted by Crippen LogP contribution is -2.17. The highest BCUT2D eigenvalue weighted by Gasteiger charge is 2.17. The third-order valence-corrected chi connectivity index (χ3v) is 3.32. The van der Waals surface area contributed by atoms with Crippen molar-refractivity contribution in [2.75, 3.05) is 0 Å². The molecule has 1 heterocycles. The Bertz CT molecular complexity index is 732. The van der Waals surface area contributed by atoms with E-state index >= 15 is 0 Å². The molecule has 0 bridgehead atoms. The van der Waals surface area contributed by atoms with Gasteiger partial charge in [-0.25, -0.2) is 9.07 Å². The van der Waals surface area contributed by atoms with Crippen molar-refractivity contribution in [2.24, 2.45) is 5.73 Å². The molecule has 3 rings (SSSR count). The largest absolute Gasteiger partial charge is 0.319 e. The maximum atomic E-state index is 13.6. The number of halogens is 1. The van der Waals surface area contributed by atoms with Gasteiger partial charge < -0.3 is 5.73 Å². The number of hydrogen-bond acceptors (Lipinski definition) is 3. The van der Waals surface area contributed by atoms with Crippen molar-refractivity contribution in [3.8, 4) is 5.69 Å². The van der Waals surface area contributed by atoms with Gasteiger partial charge >= 0.3 is 0 Å². The normalized spacial score (nSPS) is 12.3. The third-order valence-electron chi connectivity index (χ3n) is 3.32. The summed E-state index contributed by atoms with van der Waals surface area (Å²) in [5.41, 5.74) is 9.39. The Balaban J connectivity index is 2.03. The smallest absolute Gasteiger partial charge is 0.123 e. The minimum Gasteiger partial charge on any atom is -0.319 e. The lowest BCUT2D eigenvalue weighted by molar-refractivity contribution is 0.620. The van der Waals surface area contributed by atoms with Crippen LogP contribution in [0.5, 0.6) is 0 Å². The van der Waals surface area contributed by atoms with Gasteiger partial charge in [0, 0.05) is 0 Å². The van der Waals surface area contributed by atoms with Gasteiger partial charge in [-0.15, -0.1) is 5.10 Å². The van der Waals surface area contributed by atoms with E-state index in [1.54, 1.807) is 10.9 Å². The molecule has 1 atom stereocenters. The number of rotatable bonds is 3. The predicted molar refractivity (Wildman–Crippen MR) is 78.5 cm³/mol. The van der Waals surface area contributed by atoms with Crippen LogP contribution < -0.4 is 5.73 Å². The van der Waals surface area contributed by atoms with Gasteiger partial charge in [-0.2, -0.15) is 0 Å². The van der Waals surface area contributed by atoms with Crippen LogP contribution in [0.3, 0.4) is 0 Å². The zero-order chi connectivity index (χ0) is 14.8. The number of hydrogen-bond donors (Lipinski definition) is 1. The van der Waals surface area contributed by atoms with E-state index in [2.05, 4.69) is 10.3 Å². The van der Waals surface area contributed by atoms with Crippen molar-refractivity contribution in [3.05, 3.63) is 77.4 Å². The molecule has 4 nitrogen and oxygen atoms in total. The summed E-state index contributed by atoms with van der Waals surface area (Å²) < 4.78 is 15.2. The first-order valence-corrected chi connectivity index (χ1v) is 6.64. The number of aryl methyl sites for hydroxylation is 1. The van der Waals surface area contributed by atoms with E-state index in [-0.39, 0.29) is 5.82 Å². The molecule has 0 radical (unpaired) electrons. The van der Waals surface area contributed by atoms with Crippen molar-refractivity contribution in [1.82, 2.24) is 15.0 Å². The fraction of sp³-hybridized carbons (Fsp3) is 0.125. The van der Waals surface area contributed by atoms with Gasteiger partial charge in [0.2, 0.25) is 0 Å². The van der Waals surface area contributed by atoms with Crippen LogP contribution >= 0.6 is 0 Å². The van der Waals surface area contributed by atoms with E-state index in [9.17, 15) is 4.39 Å². The molecule has 1 unspecified atom stereocenters. The average Bonchev–Trinajstić information content (AvgIpc) is 2.95. The predicted octanol–water partition coefficient (Wildman–Crippen LogP) is 2.76. The van der Waals surface area contributed by atoms with E-state index in [1.807, 2.05) is 43.3 Å². The van der Waals surface area contributed by atoms with Gasteiger partial charge in [0.1, 0.15) is 5.82 Å². The second-order valence-electron chi connectivity index (χ2n) is 4.95. The molecule has 2 aromatic carbocycles. The summed E-state index contributed by atoms with van der Waals surface area (Å²) >= 11 is 0. The highest BCUT2D eigenvalue weighted by molar-refractivity contribution is 5.36. The van der Waals surface area contributed by atoms with Crippen molar-refractivity contribution in [2.45, 2.75) is 13.0 Å². The highest BCUT2D eigenvalue weighted by atomic mass is 19.1. The van der Waals surface area contributed by atoms with E-state index < -0.39 is 6.04 Å². The van der Waals surface area contributed by atoms with Gasteiger partial charge in [-0.3, -0.25) is 0 Å². The molecule has 0 saturated heterocycles. The summed E-state index contributed by atoms with van der Waals surface area (Å²) in [6, 6.07) is 13.9. The lowest BCUT2D eigenvalue weighted by Gasteiger charge is -2.14. The second-order valence-corrected chi connectivity index (χ2v) is 4.95. The Morgan fingerprint density at radius 2 is 1.90 bits per heavy atom. The Kier molecular flexibility index (Phi) is 3.50. The molecule has 0 amide bonds. The number of benzene rings is 2. The minimum atomic E-state index is -0.491.